The van der Waals surface area contributed by atoms with Crippen LogP contribution in [-0.4, -0.2) is 61.0 Å². The maximum Gasteiger partial charge on any atom is 0.417 e. The number of aromatic nitrogens is 1. The number of hydrogen-bond donors (Lipinski definition) is 3. The molecular formula is C19H27F3N4O4. The highest BCUT2D eigenvalue weighted by atomic mass is 19.4. The summed E-state index contributed by atoms with van der Waals surface area (Å²) in [6.45, 7) is 2.93. The fourth-order valence-corrected chi connectivity index (χ4v) is 2.84. The van der Waals surface area contributed by atoms with Gasteiger partial charge < -0.3 is 25.8 Å². The first kappa shape index (κ1) is 24.0. The van der Waals surface area contributed by atoms with Gasteiger partial charge in [0.1, 0.15) is 11.8 Å². The lowest BCUT2D eigenvalue weighted by Gasteiger charge is -2.27. The number of nitrogens with two attached hydrogens (primary N) is 1. The molecule has 1 aromatic rings. The molecule has 0 bridgehead atoms. The van der Waals surface area contributed by atoms with Crippen molar-refractivity contribution in [1.29, 1.82) is 0 Å². The van der Waals surface area contributed by atoms with Gasteiger partial charge in [0.2, 0.25) is 0 Å². The summed E-state index contributed by atoms with van der Waals surface area (Å²) >= 11 is 0. The van der Waals surface area contributed by atoms with Crippen molar-refractivity contribution in [2.45, 2.75) is 50.5 Å². The molecule has 1 unspecified atom stereocenters. The summed E-state index contributed by atoms with van der Waals surface area (Å²) in [6.07, 6.45) is -3.40. The number of rotatable bonds is 10. The third-order valence-corrected chi connectivity index (χ3v) is 4.68. The van der Waals surface area contributed by atoms with Gasteiger partial charge in [0, 0.05) is 31.6 Å². The fraction of sp³-hybridized carbons (Fsp3) is 0.632. The number of carbonyl (C=O) groups is 2. The molecule has 0 spiro atoms. The van der Waals surface area contributed by atoms with Crippen molar-refractivity contribution in [2.24, 2.45) is 5.73 Å². The maximum absolute atomic E-state index is 13.0. The van der Waals surface area contributed by atoms with Gasteiger partial charge in [-0.15, -0.1) is 0 Å². The monoisotopic (exact) mass is 432 g/mol. The van der Waals surface area contributed by atoms with Gasteiger partial charge in [-0.1, -0.05) is 0 Å². The van der Waals surface area contributed by atoms with Gasteiger partial charge in [0.05, 0.1) is 0 Å². The Hall–Kier alpha value is -2.24. The van der Waals surface area contributed by atoms with E-state index in [-0.39, 0.29) is 24.2 Å². The van der Waals surface area contributed by atoms with Gasteiger partial charge in [-0.3, -0.25) is 14.6 Å². The number of anilines is 1. The quantitative estimate of drug-likeness (QED) is 0.487. The minimum absolute atomic E-state index is 0.0480. The van der Waals surface area contributed by atoms with Crippen molar-refractivity contribution in [3.63, 3.8) is 0 Å². The van der Waals surface area contributed by atoms with E-state index in [0.29, 0.717) is 32.7 Å². The van der Waals surface area contributed by atoms with Crippen LogP contribution in [0.5, 0.6) is 0 Å². The number of carbonyl (C=O) groups excluding carboxylic acids is 2. The number of alkyl halides is 3. The van der Waals surface area contributed by atoms with Crippen LogP contribution in [0.2, 0.25) is 0 Å². The summed E-state index contributed by atoms with van der Waals surface area (Å²) < 4.78 is 49.4. The van der Waals surface area contributed by atoms with Crippen LogP contribution in [0.1, 0.15) is 43.1 Å². The van der Waals surface area contributed by atoms with E-state index in [2.05, 4.69) is 15.6 Å². The molecule has 11 heteroatoms. The first-order valence-corrected chi connectivity index (χ1v) is 9.74. The average Bonchev–Trinajstić information content (AvgIpc) is 3.11. The third kappa shape index (κ3) is 6.64. The number of ether oxygens (including phenoxy) is 2. The second-order valence-electron chi connectivity index (χ2n) is 7.16. The smallest absolute Gasteiger partial charge is 0.381 e. The molecule has 30 heavy (non-hydrogen) atoms. The van der Waals surface area contributed by atoms with Crippen LogP contribution < -0.4 is 16.4 Å². The molecule has 2 heterocycles. The lowest BCUT2D eigenvalue weighted by molar-refractivity contribution is -0.261. The van der Waals surface area contributed by atoms with Crippen LogP contribution in [-0.2, 0) is 14.3 Å². The summed E-state index contributed by atoms with van der Waals surface area (Å²) in [5.74, 6) is -1.13. The molecule has 1 aliphatic heterocycles. The largest absolute Gasteiger partial charge is 0.417 e. The maximum atomic E-state index is 13.0. The zero-order chi connectivity index (χ0) is 22.2. The van der Waals surface area contributed by atoms with Crippen LogP contribution >= 0.6 is 0 Å². The molecule has 168 valence electrons. The summed E-state index contributed by atoms with van der Waals surface area (Å²) in [4.78, 5) is 28.4. The normalized spacial score (nSPS) is 21.4. The minimum atomic E-state index is -4.56. The number of hydrogen-bond acceptors (Lipinski definition) is 6. The van der Waals surface area contributed by atoms with E-state index in [9.17, 15) is 22.8 Å². The second-order valence-corrected chi connectivity index (χ2v) is 7.16. The van der Waals surface area contributed by atoms with E-state index in [1.807, 2.05) is 0 Å². The van der Waals surface area contributed by atoms with Gasteiger partial charge in [0.15, 0.2) is 5.60 Å². The van der Waals surface area contributed by atoms with Crippen molar-refractivity contribution in [3.05, 3.63) is 24.0 Å². The molecule has 2 atom stereocenters. The standard InChI is InChI=1S/C19H27F3N4O4/c1-18(19(20,21)22)6-4-15(30-18)17(28)26-13-5-9-24-14(12-13)16(27)25-8-3-11-29-10-2-7-23/h5,9,12,15H,2-4,6-8,10-11,23H2,1H3,(H,25,27)(H,24,26,28)/t15?,18-/m1/s1. The van der Waals surface area contributed by atoms with Crippen LogP contribution in [0.3, 0.4) is 0 Å². The number of nitrogens with one attached hydrogen (secondary N) is 2. The Bertz CT molecular complexity index is 732. The van der Waals surface area contributed by atoms with Gasteiger partial charge in [-0.25, -0.2) is 0 Å². The highest BCUT2D eigenvalue weighted by Crippen LogP contribution is 2.43. The topological polar surface area (TPSA) is 116 Å². The van der Waals surface area contributed by atoms with E-state index < -0.39 is 29.7 Å². The SMILES string of the molecule is C[C@]1(C(F)(F)F)CCC(C(=O)Nc2ccnc(C(=O)NCCCOCCCN)c2)O1. The molecule has 0 aliphatic carbocycles. The summed E-state index contributed by atoms with van der Waals surface area (Å²) in [5.41, 5.74) is 3.34. The van der Waals surface area contributed by atoms with E-state index >= 15 is 0 Å². The van der Waals surface area contributed by atoms with E-state index in [4.69, 9.17) is 15.2 Å². The van der Waals surface area contributed by atoms with Gasteiger partial charge in [-0.2, -0.15) is 13.2 Å². The summed E-state index contributed by atoms with van der Waals surface area (Å²) in [5, 5.41) is 5.17. The van der Waals surface area contributed by atoms with Crippen LogP contribution in [0, 0.1) is 0 Å². The molecule has 1 fully saturated rings. The third-order valence-electron chi connectivity index (χ3n) is 4.68. The zero-order valence-corrected chi connectivity index (χ0v) is 16.8. The predicted octanol–water partition coefficient (Wildman–Crippen LogP) is 2.01. The van der Waals surface area contributed by atoms with E-state index in [1.54, 1.807) is 0 Å². The van der Waals surface area contributed by atoms with Gasteiger partial charge >= 0.3 is 6.18 Å². The fourth-order valence-electron chi connectivity index (χ4n) is 2.84. The molecular weight excluding hydrogens is 405 g/mol. The number of amides is 2. The molecule has 0 saturated carbocycles. The summed E-state index contributed by atoms with van der Waals surface area (Å²) in [6, 6.07) is 2.79. The molecule has 0 radical (unpaired) electrons. The van der Waals surface area contributed by atoms with E-state index in [1.165, 1.54) is 18.3 Å². The van der Waals surface area contributed by atoms with Crippen LogP contribution in [0.25, 0.3) is 0 Å². The Labute approximate surface area is 172 Å². The molecule has 0 aromatic carbocycles. The van der Waals surface area contributed by atoms with Crippen molar-refractivity contribution in [2.75, 3.05) is 31.6 Å². The Morgan fingerprint density at radius 1 is 1.37 bits per heavy atom. The van der Waals surface area contributed by atoms with Crippen molar-refractivity contribution < 1.29 is 32.2 Å². The average molecular weight is 432 g/mol. The Morgan fingerprint density at radius 3 is 2.77 bits per heavy atom. The second kappa shape index (κ2) is 10.7. The lowest BCUT2D eigenvalue weighted by atomic mass is 10.0. The minimum Gasteiger partial charge on any atom is -0.381 e. The molecule has 2 rings (SSSR count). The van der Waals surface area contributed by atoms with Crippen molar-refractivity contribution in [1.82, 2.24) is 10.3 Å². The molecule has 1 saturated heterocycles. The predicted molar refractivity (Wildman–Crippen MR) is 103 cm³/mol. The Kier molecular flexibility index (Phi) is 8.56. The Morgan fingerprint density at radius 2 is 2.10 bits per heavy atom. The highest BCUT2D eigenvalue weighted by Gasteiger charge is 2.57. The van der Waals surface area contributed by atoms with Crippen LogP contribution in [0.4, 0.5) is 18.9 Å². The number of halogens is 3. The Balaban J connectivity index is 1.82. The molecule has 1 aliphatic rings. The summed E-state index contributed by atoms with van der Waals surface area (Å²) in [7, 11) is 0. The zero-order valence-electron chi connectivity index (χ0n) is 16.8. The number of pyridine rings is 1. The molecule has 2 amide bonds. The molecule has 1 aromatic heterocycles. The first-order valence-electron chi connectivity index (χ1n) is 9.74. The van der Waals surface area contributed by atoms with Gasteiger partial charge in [-0.05, 0) is 51.3 Å². The van der Waals surface area contributed by atoms with Crippen molar-refractivity contribution in [3.8, 4) is 0 Å². The first-order chi connectivity index (χ1) is 14.2. The van der Waals surface area contributed by atoms with Crippen LogP contribution in [0.15, 0.2) is 18.3 Å². The van der Waals surface area contributed by atoms with Gasteiger partial charge in [0.25, 0.3) is 11.8 Å². The highest BCUT2D eigenvalue weighted by molar-refractivity contribution is 5.97. The number of nitrogens with zero attached hydrogens (tertiary/aromatic N) is 1. The lowest BCUT2D eigenvalue weighted by Crippen LogP contribution is -2.43. The van der Waals surface area contributed by atoms with Crippen molar-refractivity contribution >= 4 is 17.5 Å². The van der Waals surface area contributed by atoms with E-state index in [0.717, 1.165) is 13.3 Å². The molecule has 4 N–H and O–H groups in total. The molecule has 8 nitrogen and oxygen atoms in total.